The van der Waals surface area contributed by atoms with Gasteiger partial charge in [-0.15, -0.1) is 0 Å². The van der Waals surface area contributed by atoms with Crippen LogP contribution in [0.4, 0.5) is 0 Å². The number of hydrogen-bond donors (Lipinski definition) is 0. The van der Waals surface area contributed by atoms with Crippen LogP contribution in [0.15, 0.2) is 60.7 Å². The zero-order valence-corrected chi connectivity index (χ0v) is 16.8. The largest absolute Gasteiger partial charge is 0.587 e. The van der Waals surface area contributed by atoms with Crippen LogP contribution in [0.2, 0.25) is 0 Å². The van der Waals surface area contributed by atoms with Crippen molar-refractivity contribution in [2.45, 2.75) is 39.8 Å². The molecule has 0 N–H and O–H groups in total. The fourth-order valence-corrected chi connectivity index (χ4v) is 3.87. The Labute approximate surface area is 156 Å². The first kappa shape index (κ1) is 20.5. The summed E-state index contributed by atoms with van der Waals surface area (Å²) in [5, 5.41) is 0. The maximum Gasteiger partial charge on any atom is 0.587 e. The lowest BCUT2D eigenvalue weighted by Crippen LogP contribution is -2.39. The second-order valence-electron chi connectivity index (χ2n) is 6.51. The molecule has 0 atom stereocenters. The van der Waals surface area contributed by atoms with Crippen LogP contribution >= 0.6 is 7.82 Å². The fraction of sp³-hybridized carbons (Fsp3) is 0.400. The van der Waals surface area contributed by atoms with Gasteiger partial charge in [0.25, 0.3) is 0 Å². The van der Waals surface area contributed by atoms with Gasteiger partial charge in [0.05, 0.1) is 6.61 Å². The highest BCUT2D eigenvalue weighted by Crippen LogP contribution is 2.49. The van der Waals surface area contributed by atoms with Gasteiger partial charge in [0, 0.05) is 18.6 Å². The number of phosphoric ester groups is 1. The van der Waals surface area contributed by atoms with Crippen LogP contribution in [0.1, 0.15) is 27.7 Å². The molecule has 0 heterocycles. The van der Waals surface area contributed by atoms with Gasteiger partial charge in [0.2, 0.25) is 0 Å². The van der Waals surface area contributed by atoms with Crippen LogP contribution in [-0.4, -0.2) is 30.1 Å². The van der Waals surface area contributed by atoms with E-state index in [0.29, 0.717) is 30.1 Å². The summed E-state index contributed by atoms with van der Waals surface area (Å²) in [5.74, 6) is 0.882. The van der Waals surface area contributed by atoms with Crippen molar-refractivity contribution in [3.05, 3.63) is 60.7 Å². The Hall–Kier alpha value is -1.81. The molecule has 0 aliphatic heterocycles. The molecule has 0 saturated carbocycles. The van der Waals surface area contributed by atoms with Gasteiger partial charge in [-0.25, -0.2) is 4.57 Å². The van der Waals surface area contributed by atoms with Gasteiger partial charge in [0.15, 0.2) is 0 Å². The molecule has 0 aliphatic carbocycles. The van der Waals surface area contributed by atoms with Gasteiger partial charge in [-0.05, 0) is 52.0 Å². The third-order valence-corrected chi connectivity index (χ3v) is 5.21. The van der Waals surface area contributed by atoms with Gasteiger partial charge in [-0.2, -0.15) is 0 Å². The third-order valence-electron chi connectivity index (χ3n) is 3.85. The maximum absolute atomic E-state index is 13.2. The summed E-state index contributed by atoms with van der Waals surface area (Å²) in [7, 11) is -3.81. The minimum absolute atomic E-state index is 0.243. The second-order valence-corrected chi connectivity index (χ2v) is 8.03. The smallest absolute Gasteiger partial charge is 0.395 e. The van der Waals surface area contributed by atoms with Crippen LogP contribution in [0.25, 0.3) is 0 Å². The monoisotopic (exact) mass is 377 g/mol. The molecule has 0 aliphatic rings. The summed E-state index contributed by atoms with van der Waals surface area (Å²) >= 11 is 0. The SMILES string of the molecule is CC(C)N(CCOP(=O)(Oc1ccccc1)Oc1ccccc1)C(C)C. The predicted molar refractivity (Wildman–Crippen MR) is 105 cm³/mol. The zero-order chi connectivity index (χ0) is 19.0. The molecule has 0 unspecified atom stereocenters. The third kappa shape index (κ3) is 6.49. The van der Waals surface area contributed by atoms with Crippen molar-refractivity contribution in [3.8, 4) is 11.5 Å². The molecule has 26 heavy (non-hydrogen) atoms. The Balaban J connectivity index is 2.08. The molecule has 142 valence electrons. The van der Waals surface area contributed by atoms with E-state index in [0.717, 1.165) is 0 Å². The molecule has 5 nitrogen and oxygen atoms in total. The van der Waals surface area contributed by atoms with E-state index in [1.165, 1.54) is 0 Å². The van der Waals surface area contributed by atoms with E-state index in [-0.39, 0.29) is 6.61 Å². The quantitative estimate of drug-likeness (QED) is 0.520. The number of phosphoric acid groups is 1. The Kier molecular flexibility index (Phi) is 7.70. The first-order valence-corrected chi connectivity index (χ1v) is 10.4. The number of nitrogens with zero attached hydrogens (tertiary/aromatic N) is 1. The van der Waals surface area contributed by atoms with Crippen molar-refractivity contribution in [3.63, 3.8) is 0 Å². The highest BCUT2D eigenvalue weighted by atomic mass is 31.2. The van der Waals surface area contributed by atoms with Gasteiger partial charge in [-0.3, -0.25) is 9.42 Å². The van der Waals surface area contributed by atoms with Crippen molar-refractivity contribution in [2.24, 2.45) is 0 Å². The lowest BCUT2D eigenvalue weighted by Gasteiger charge is -2.30. The zero-order valence-electron chi connectivity index (χ0n) is 15.9. The minimum atomic E-state index is -3.81. The van der Waals surface area contributed by atoms with E-state index < -0.39 is 7.82 Å². The maximum atomic E-state index is 13.2. The number of hydrogen-bond acceptors (Lipinski definition) is 5. The molecule has 0 fully saturated rings. The van der Waals surface area contributed by atoms with E-state index in [4.69, 9.17) is 13.6 Å². The fourth-order valence-electron chi connectivity index (χ4n) is 2.66. The predicted octanol–water partition coefficient (Wildman–Crippen LogP) is 5.39. The molecule has 0 spiro atoms. The molecular weight excluding hydrogens is 349 g/mol. The van der Waals surface area contributed by atoms with E-state index in [9.17, 15) is 4.57 Å². The molecule has 2 rings (SSSR count). The van der Waals surface area contributed by atoms with E-state index in [1.807, 2.05) is 12.1 Å². The van der Waals surface area contributed by atoms with Crippen LogP contribution in [0.3, 0.4) is 0 Å². The first-order chi connectivity index (χ1) is 12.4. The van der Waals surface area contributed by atoms with Crippen LogP contribution in [0, 0.1) is 0 Å². The molecule has 0 aromatic heterocycles. The summed E-state index contributed by atoms with van der Waals surface area (Å²) in [6, 6.07) is 18.6. The molecular formula is C20H28NO4P. The summed E-state index contributed by atoms with van der Waals surface area (Å²) in [6.07, 6.45) is 0. The lowest BCUT2D eigenvalue weighted by atomic mass is 10.2. The summed E-state index contributed by atoms with van der Waals surface area (Å²) in [6.45, 7) is 9.38. The first-order valence-electron chi connectivity index (χ1n) is 8.89. The molecule has 6 heteroatoms. The molecule has 0 radical (unpaired) electrons. The average molecular weight is 377 g/mol. The summed E-state index contributed by atoms with van der Waals surface area (Å²) in [4.78, 5) is 2.26. The summed E-state index contributed by atoms with van der Waals surface area (Å²) < 4.78 is 30.0. The van der Waals surface area contributed by atoms with E-state index in [1.54, 1.807) is 48.5 Å². The molecule has 2 aromatic carbocycles. The van der Waals surface area contributed by atoms with Crippen molar-refractivity contribution < 1.29 is 18.1 Å². The van der Waals surface area contributed by atoms with Crippen LogP contribution < -0.4 is 9.05 Å². The van der Waals surface area contributed by atoms with E-state index in [2.05, 4.69) is 32.6 Å². The second kappa shape index (κ2) is 9.77. The Morgan fingerprint density at radius 3 is 1.62 bits per heavy atom. The Morgan fingerprint density at radius 2 is 1.23 bits per heavy atom. The van der Waals surface area contributed by atoms with Gasteiger partial charge in [0.1, 0.15) is 11.5 Å². The van der Waals surface area contributed by atoms with Gasteiger partial charge >= 0.3 is 7.82 Å². The highest BCUT2D eigenvalue weighted by molar-refractivity contribution is 7.49. The standard InChI is InChI=1S/C20H28NO4P/c1-17(2)21(18(3)4)15-16-23-26(22,24-19-11-7-5-8-12-19)25-20-13-9-6-10-14-20/h5-14,17-18H,15-16H2,1-4H3. The van der Waals surface area contributed by atoms with Crippen molar-refractivity contribution >= 4 is 7.82 Å². The van der Waals surface area contributed by atoms with Crippen LogP contribution in [-0.2, 0) is 9.09 Å². The minimum Gasteiger partial charge on any atom is -0.395 e. The highest BCUT2D eigenvalue weighted by Gasteiger charge is 2.31. The molecule has 2 aromatic rings. The number of benzene rings is 2. The Bertz CT molecular complexity index is 638. The van der Waals surface area contributed by atoms with Crippen molar-refractivity contribution in [2.75, 3.05) is 13.2 Å². The lowest BCUT2D eigenvalue weighted by molar-refractivity contribution is 0.125. The normalized spacial score (nSPS) is 12.0. The van der Waals surface area contributed by atoms with Crippen molar-refractivity contribution in [1.82, 2.24) is 4.90 Å². The van der Waals surface area contributed by atoms with Gasteiger partial charge < -0.3 is 9.05 Å². The average Bonchev–Trinajstić information content (AvgIpc) is 2.59. The summed E-state index contributed by atoms with van der Waals surface area (Å²) in [5.41, 5.74) is 0. The number of rotatable bonds is 10. The molecule has 0 bridgehead atoms. The van der Waals surface area contributed by atoms with E-state index >= 15 is 0 Å². The molecule has 0 saturated heterocycles. The van der Waals surface area contributed by atoms with Gasteiger partial charge in [-0.1, -0.05) is 36.4 Å². The van der Waals surface area contributed by atoms with Crippen LogP contribution in [0.5, 0.6) is 11.5 Å². The topological polar surface area (TPSA) is 48.0 Å². The Morgan fingerprint density at radius 1 is 0.808 bits per heavy atom. The molecule has 0 amide bonds. The van der Waals surface area contributed by atoms with Crippen molar-refractivity contribution in [1.29, 1.82) is 0 Å². The number of para-hydroxylation sites is 2.